The van der Waals surface area contributed by atoms with E-state index in [-0.39, 0.29) is 0 Å². The number of nitrogens with zero attached hydrogens (tertiary/aromatic N) is 2. The summed E-state index contributed by atoms with van der Waals surface area (Å²) in [5.74, 6) is 0.990. The van der Waals surface area contributed by atoms with E-state index in [9.17, 15) is 9.47 Å². The number of pyridine rings is 1. The van der Waals surface area contributed by atoms with Crippen LogP contribution in [-0.4, -0.2) is 46.1 Å². The molecule has 0 radical (unpaired) electrons. The van der Waals surface area contributed by atoms with Gasteiger partial charge in [0.05, 0.1) is 16.8 Å². The van der Waals surface area contributed by atoms with E-state index in [1.807, 2.05) is 27.7 Å². The van der Waals surface area contributed by atoms with Crippen molar-refractivity contribution in [1.82, 2.24) is 4.98 Å². The van der Waals surface area contributed by atoms with Crippen molar-refractivity contribution < 1.29 is 13.5 Å². The molecule has 8 heteroatoms. The molecule has 1 aliphatic heterocycles. The first-order valence-corrected chi connectivity index (χ1v) is 9.18. The predicted octanol–water partition coefficient (Wildman–Crippen LogP) is 1.04. The zero-order chi connectivity index (χ0) is 17.3. The van der Waals surface area contributed by atoms with E-state index in [4.69, 9.17) is 9.31 Å². The summed E-state index contributed by atoms with van der Waals surface area (Å²) in [6.07, 6.45) is 3.29. The summed E-state index contributed by atoms with van der Waals surface area (Å²) in [4.78, 5) is 4.29. The van der Waals surface area contributed by atoms with Crippen molar-refractivity contribution in [2.75, 3.05) is 23.9 Å². The summed E-state index contributed by atoms with van der Waals surface area (Å²) < 4.78 is 23.0. The highest BCUT2D eigenvalue weighted by Gasteiger charge is 2.51. The molecule has 0 saturated carbocycles. The summed E-state index contributed by atoms with van der Waals surface area (Å²) in [5, 5.41) is 12.4. The Bertz CT molecular complexity index is 642. The van der Waals surface area contributed by atoms with Crippen LogP contribution in [0.25, 0.3) is 0 Å². The van der Waals surface area contributed by atoms with Crippen molar-refractivity contribution in [3.05, 3.63) is 17.8 Å². The normalized spacial score (nSPS) is 20.1. The first-order chi connectivity index (χ1) is 10.7. The van der Waals surface area contributed by atoms with Crippen LogP contribution >= 0.6 is 0 Å². The summed E-state index contributed by atoms with van der Waals surface area (Å²) in [7, 11) is -1.43. The van der Waals surface area contributed by atoms with Crippen LogP contribution in [-0.2, 0) is 20.1 Å². The Morgan fingerprint density at radius 2 is 1.96 bits per heavy atom. The summed E-state index contributed by atoms with van der Waals surface area (Å²) in [5.41, 5.74) is 0.253. The van der Waals surface area contributed by atoms with Crippen LogP contribution in [0.4, 0.5) is 5.82 Å². The van der Waals surface area contributed by atoms with Crippen LogP contribution in [0.3, 0.4) is 0 Å². The van der Waals surface area contributed by atoms with Gasteiger partial charge in [0.1, 0.15) is 11.9 Å². The number of hydrogen-bond donors (Lipinski definition) is 1. The highest BCUT2D eigenvalue weighted by Crippen LogP contribution is 2.36. The lowest BCUT2D eigenvalue weighted by Gasteiger charge is -2.32. The van der Waals surface area contributed by atoms with Crippen molar-refractivity contribution in [3.8, 4) is 6.07 Å². The standard InChI is InChI=1S/C15H22BN3O3S/c1-14(2)15(3,4)22-16(21-14)12-8-11(9-17)13(19-10-12)18-6-7-23(5)20/h8,10H,6-7H2,1-5H3,(H,18,19). The van der Waals surface area contributed by atoms with Gasteiger partial charge < -0.3 is 14.6 Å². The molecule has 0 amide bonds. The van der Waals surface area contributed by atoms with E-state index in [0.717, 1.165) is 0 Å². The fraction of sp³-hybridized carbons (Fsp3) is 0.600. The second-order valence-electron chi connectivity index (χ2n) is 6.57. The minimum atomic E-state index is -0.885. The van der Waals surface area contributed by atoms with Crippen LogP contribution in [0.15, 0.2) is 12.3 Å². The third-order valence-corrected chi connectivity index (χ3v) is 5.02. The first-order valence-electron chi connectivity index (χ1n) is 7.46. The maximum absolute atomic E-state index is 11.1. The molecule has 6 nitrogen and oxygen atoms in total. The molecule has 1 saturated heterocycles. The first kappa shape index (κ1) is 17.9. The second-order valence-corrected chi connectivity index (χ2v) is 8.12. The van der Waals surface area contributed by atoms with Crippen LogP contribution in [0.5, 0.6) is 0 Å². The molecule has 1 fully saturated rings. The summed E-state index contributed by atoms with van der Waals surface area (Å²) in [6, 6.07) is 3.85. The smallest absolute Gasteiger partial charge is 0.399 e. The van der Waals surface area contributed by atoms with Crippen molar-refractivity contribution >= 4 is 29.2 Å². The number of nitrogens with one attached hydrogen (secondary N) is 1. The fourth-order valence-corrected chi connectivity index (χ4v) is 2.52. The fourth-order valence-electron chi connectivity index (χ4n) is 2.13. The van der Waals surface area contributed by atoms with Gasteiger partial charge in [0.25, 0.3) is 0 Å². The van der Waals surface area contributed by atoms with E-state index in [0.29, 0.717) is 29.1 Å². The lowest BCUT2D eigenvalue weighted by atomic mass is 9.79. The molecule has 2 heterocycles. The van der Waals surface area contributed by atoms with Crippen LogP contribution in [0, 0.1) is 11.3 Å². The number of nitriles is 1. The molecule has 0 aromatic carbocycles. The van der Waals surface area contributed by atoms with Gasteiger partial charge in [-0.1, -0.05) is 0 Å². The van der Waals surface area contributed by atoms with E-state index < -0.39 is 29.1 Å². The molecule has 2 rings (SSSR count). The lowest BCUT2D eigenvalue weighted by molar-refractivity contribution is 0.00578. The Morgan fingerprint density at radius 1 is 1.35 bits per heavy atom. The van der Waals surface area contributed by atoms with Gasteiger partial charge in [0.15, 0.2) is 0 Å². The van der Waals surface area contributed by atoms with Gasteiger partial charge in [-0.3, -0.25) is 4.21 Å². The third kappa shape index (κ3) is 3.92. The largest absolute Gasteiger partial charge is 0.496 e. The van der Waals surface area contributed by atoms with Crippen molar-refractivity contribution in [1.29, 1.82) is 5.26 Å². The average molecular weight is 335 g/mol. The van der Waals surface area contributed by atoms with E-state index in [1.54, 1.807) is 18.5 Å². The van der Waals surface area contributed by atoms with Crippen LogP contribution in [0.1, 0.15) is 33.3 Å². The number of aromatic nitrogens is 1. The molecule has 23 heavy (non-hydrogen) atoms. The van der Waals surface area contributed by atoms with Gasteiger partial charge in [0, 0.05) is 41.0 Å². The Hall–Kier alpha value is -1.43. The zero-order valence-corrected chi connectivity index (χ0v) is 15.0. The molecule has 1 atom stereocenters. The maximum atomic E-state index is 11.1. The van der Waals surface area contributed by atoms with Crippen LogP contribution < -0.4 is 10.8 Å². The van der Waals surface area contributed by atoms with E-state index in [2.05, 4.69) is 16.4 Å². The number of rotatable bonds is 5. The monoisotopic (exact) mass is 335 g/mol. The predicted molar refractivity (Wildman–Crippen MR) is 92.1 cm³/mol. The van der Waals surface area contributed by atoms with E-state index >= 15 is 0 Å². The van der Waals surface area contributed by atoms with Gasteiger partial charge in [-0.05, 0) is 33.8 Å². The highest BCUT2D eigenvalue weighted by molar-refractivity contribution is 7.84. The Morgan fingerprint density at radius 3 is 2.48 bits per heavy atom. The quantitative estimate of drug-likeness (QED) is 0.810. The molecular formula is C15H22BN3O3S. The molecule has 0 bridgehead atoms. The molecule has 0 spiro atoms. The van der Waals surface area contributed by atoms with Crippen molar-refractivity contribution in [2.24, 2.45) is 0 Å². The van der Waals surface area contributed by atoms with Crippen LogP contribution in [0.2, 0.25) is 0 Å². The zero-order valence-electron chi connectivity index (χ0n) is 14.2. The van der Waals surface area contributed by atoms with Gasteiger partial charge in [-0.25, -0.2) is 4.98 Å². The SMILES string of the molecule is CS(=O)CCNc1ncc(B2OC(C)(C)C(C)(C)O2)cc1C#N. The molecule has 1 N–H and O–H groups in total. The maximum Gasteiger partial charge on any atom is 0.496 e. The summed E-state index contributed by atoms with van der Waals surface area (Å²) >= 11 is 0. The molecule has 1 aliphatic rings. The molecule has 1 aromatic heterocycles. The van der Waals surface area contributed by atoms with Gasteiger partial charge >= 0.3 is 7.12 Å². The van der Waals surface area contributed by atoms with E-state index in [1.165, 1.54) is 0 Å². The molecule has 0 aliphatic carbocycles. The number of hydrogen-bond acceptors (Lipinski definition) is 6. The molecule has 1 unspecified atom stereocenters. The minimum absolute atomic E-state index is 0.416. The average Bonchev–Trinajstić information content (AvgIpc) is 2.67. The summed E-state index contributed by atoms with van der Waals surface area (Å²) in [6.45, 7) is 8.42. The van der Waals surface area contributed by atoms with Crippen molar-refractivity contribution in [2.45, 2.75) is 38.9 Å². The minimum Gasteiger partial charge on any atom is -0.399 e. The Kier molecular flexibility index (Phi) is 5.14. The molecular weight excluding hydrogens is 313 g/mol. The topological polar surface area (TPSA) is 84.2 Å². The van der Waals surface area contributed by atoms with Gasteiger partial charge in [-0.2, -0.15) is 5.26 Å². The molecule has 124 valence electrons. The highest BCUT2D eigenvalue weighted by atomic mass is 32.2. The van der Waals surface area contributed by atoms with Gasteiger partial charge in [-0.15, -0.1) is 0 Å². The van der Waals surface area contributed by atoms with Crippen molar-refractivity contribution in [3.63, 3.8) is 0 Å². The Labute approximate surface area is 140 Å². The molecule has 1 aromatic rings. The van der Waals surface area contributed by atoms with Gasteiger partial charge in [0.2, 0.25) is 0 Å². The third-order valence-electron chi connectivity index (χ3n) is 4.24. The lowest BCUT2D eigenvalue weighted by Crippen LogP contribution is -2.41. The second kappa shape index (κ2) is 6.60. The Balaban J connectivity index is 2.17. The number of anilines is 1.